The van der Waals surface area contributed by atoms with E-state index in [0.717, 1.165) is 16.6 Å². The number of benzene rings is 2. The van der Waals surface area contributed by atoms with Crippen molar-refractivity contribution in [3.05, 3.63) is 87.3 Å². The molecule has 40 heavy (non-hydrogen) atoms. The molecular formula is C27H22BrF2N5O4S. The first kappa shape index (κ1) is 27.5. The topological polar surface area (TPSA) is 129 Å². The minimum Gasteiger partial charge on any atom is -0.480 e. The Morgan fingerprint density at radius 1 is 1.15 bits per heavy atom. The van der Waals surface area contributed by atoms with Crippen LogP contribution in [0.15, 0.2) is 75.0 Å². The highest BCUT2D eigenvalue weighted by atomic mass is 79.9. The minimum atomic E-state index is -4.47. The summed E-state index contributed by atoms with van der Waals surface area (Å²) < 4.78 is 63.0. The van der Waals surface area contributed by atoms with Crippen LogP contribution < -0.4 is 20.8 Å². The highest BCUT2D eigenvalue weighted by Gasteiger charge is 2.23. The van der Waals surface area contributed by atoms with Crippen molar-refractivity contribution in [3.8, 4) is 17.0 Å². The first-order chi connectivity index (χ1) is 19.0. The van der Waals surface area contributed by atoms with Crippen LogP contribution in [0.5, 0.6) is 5.88 Å². The number of aromatic nitrogens is 3. The van der Waals surface area contributed by atoms with Crippen molar-refractivity contribution in [1.29, 1.82) is 0 Å². The fourth-order valence-corrected chi connectivity index (χ4v) is 5.94. The summed E-state index contributed by atoms with van der Waals surface area (Å²) in [5.74, 6) is -2.16. The standard InChI is InChI=1S/C27H22BrF2N5O4S/c1-14-3-5-17(28)11-23(14)35-26(36)19-9-15(4-7-21(19)33-27(35)31)16-10-22(25(39-2)32-13-16)34-40(37,38)24-8-6-18(29)12-20(24)30/h4-14,34H,3H2,1-2H3,(H2,31,33). The maximum Gasteiger partial charge on any atom is 0.267 e. The van der Waals surface area contributed by atoms with Crippen LogP contribution >= 0.6 is 15.9 Å². The Balaban J connectivity index is 1.59. The van der Waals surface area contributed by atoms with Gasteiger partial charge in [0.05, 0.1) is 18.0 Å². The number of rotatable bonds is 6. The van der Waals surface area contributed by atoms with E-state index in [1.54, 1.807) is 18.2 Å². The van der Waals surface area contributed by atoms with Crippen molar-refractivity contribution in [2.45, 2.75) is 18.2 Å². The number of nitrogens with one attached hydrogen (secondary N) is 1. The number of nitrogens with zero attached hydrogens (tertiary/aromatic N) is 3. The molecule has 0 aliphatic heterocycles. The van der Waals surface area contributed by atoms with Crippen LogP contribution in [0.2, 0.25) is 0 Å². The molecule has 0 fully saturated rings. The molecule has 2 aromatic heterocycles. The molecule has 0 saturated carbocycles. The molecule has 9 nitrogen and oxygen atoms in total. The van der Waals surface area contributed by atoms with Crippen LogP contribution in [-0.2, 0) is 10.0 Å². The SMILES string of the molecule is COc1ncc(-c2ccc3nc(N)n(C4=CC(Br)=CCC4C)c(=O)c3c2)cc1NS(=O)(=O)c1ccc(F)cc1F. The third-order valence-corrected chi connectivity index (χ3v) is 8.37. The summed E-state index contributed by atoms with van der Waals surface area (Å²) in [6, 6.07) is 8.49. The Bertz CT molecular complexity index is 1910. The van der Waals surface area contributed by atoms with Gasteiger partial charge in [0, 0.05) is 33.9 Å². The summed E-state index contributed by atoms with van der Waals surface area (Å²) in [4.78, 5) is 21.5. The van der Waals surface area contributed by atoms with Crippen LogP contribution in [0.25, 0.3) is 27.7 Å². The number of methoxy groups -OCH3 is 1. The lowest BCUT2D eigenvalue weighted by atomic mass is 9.98. The number of fused-ring (bicyclic) bond motifs is 1. The van der Waals surface area contributed by atoms with E-state index in [0.29, 0.717) is 34.8 Å². The van der Waals surface area contributed by atoms with Gasteiger partial charge in [-0.15, -0.1) is 0 Å². The van der Waals surface area contributed by atoms with Gasteiger partial charge in [-0.3, -0.25) is 14.1 Å². The molecule has 4 aromatic rings. The van der Waals surface area contributed by atoms with Crippen molar-refractivity contribution in [2.75, 3.05) is 17.6 Å². The number of ether oxygens (including phenoxy) is 1. The molecule has 3 N–H and O–H groups in total. The first-order valence-electron chi connectivity index (χ1n) is 11.9. The molecule has 1 atom stereocenters. The highest BCUT2D eigenvalue weighted by molar-refractivity contribution is 9.11. The van der Waals surface area contributed by atoms with Crippen molar-refractivity contribution < 1.29 is 21.9 Å². The molecule has 13 heteroatoms. The monoisotopic (exact) mass is 629 g/mol. The smallest absolute Gasteiger partial charge is 0.267 e. The van der Waals surface area contributed by atoms with E-state index >= 15 is 0 Å². The molecule has 0 radical (unpaired) electrons. The van der Waals surface area contributed by atoms with E-state index in [9.17, 15) is 22.0 Å². The fraction of sp³-hybridized carbons (Fsp3) is 0.148. The van der Waals surface area contributed by atoms with Gasteiger partial charge in [-0.05, 0) is 48.4 Å². The zero-order chi connectivity index (χ0) is 28.8. The molecule has 1 unspecified atom stereocenters. The summed E-state index contributed by atoms with van der Waals surface area (Å²) in [7, 11) is -3.18. The third kappa shape index (κ3) is 5.09. The van der Waals surface area contributed by atoms with Gasteiger partial charge >= 0.3 is 0 Å². The van der Waals surface area contributed by atoms with Gasteiger partial charge in [0.2, 0.25) is 11.8 Å². The molecule has 206 valence electrons. The largest absolute Gasteiger partial charge is 0.480 e. The molecule has 1 aliphatic carbocycles. The van der Waals surface area contributed by atoms with Gasteiger partial charge in [0.15, 0.2) is 0 Å². The number of hydrogen-bond donors (Lipinski definition) is 2. The van der Waals surface area contributed by atoms with Gasteiger partial charge in [0.25, 0.3) is 15.6 Å². The summed E-state index contributed by atoms with van der Waals surface area (Å²) in [5.41, 5.74) is 7.78. The predicted molar refractivity (Wildman–Crippen MR) is 152 cm³/mol. The zero-order valence-electron chi connectivity index (χ0n) is 21.2. The summed E-state index contributed by atoms with van der Waals surface area (Å²) in [6.45, 7) is 1.98. The second kappa shape index (κ2) is 10.5. The van der Waals surface area contributed by atoms with Gasteiger partial charge in [-0.1, -0.05) is 35.0 Å². The van der Waals surface area contributed by atoms with Crippen molar-refractivity contribution in [2.24, 2.45) is 5.92 Å². The summed E-state index contributed by atoms with van der Waals surface area (Å²) >= 11 is 3.46. The van der Waals surface area contributed by atoms with Gasteiger partial charge in [-0.2, -0.15) is 0 Å². The summed E-state index contributed by atoms with van der Waals surface area (Å²) in [5, 5.41) is 0.289. The van der Waals surface area contributed by atoms with Crippen LogP contribution in [0.3, 0.4) is 0 Å². The number of allylic oxidation sites excluding steroid dienone is 4. The normalized spacial score (nSPS) is 15.5. The van der Waals surface area contributed by atoms with Crippen LogP contribution in [0.1, 0.15) is 13.3 Å². The van der Waals surface area contributed by atoms with E-state index < -0.39 is 26.6 Å². The van der Waals surface area contributed by atoms with Crippen molar-refractivity contribution >= 4 is 54.2 Å². The van der Waals surface area contributed by atoms with Crippen LogP contribution in [0, 0.1) is 17.6 Å². The number of nitrogens with two attached hydrogens (primary N) is 1. The van der Waals surface area contributed by atoms with E-state index in [2.05, 4.69) is 30.6 Å². The molecule has 0 bridgehead atoms. The van der Waals surface area contributed by atoms with E-state index in [1.165, 1.54) is 23.9 Å². The van der Waals surface area contributed by atoms with Gasteiger partial charge in [0.1, 0.15) is 22.2 Å². The van der Waals surface area contributed by atoms with Gasteiger partial charge in [-0.25, -0.2) is 27.2 Å². The first-order valence-corrected chi connectivity index (χ1v) is 14.2. The summed E-state index contributed by atoms with van der Waals surface area (Å²) in [6.07, 6.45) is 6.00. The maximum absolute atomic E-state index is 14.2. The number of hydrogen-bond acceptors (Lipinski definition) is 7. The van der Waals surface area contributed by atoms with E-state index in [1.807, 2.05) is 19.1 Å². The number of pyridine rings is 1. The van der Waals surface area contributed by atoms with Gasteiger partial charge < -0.3 is 10.5 Å². The Morgan fingerprint density at radius 2 is 1.93 bits per heavy atom. The Morgan fingerprint density at radius 3 is 2.65 bits per heavy atom. The second-order valence-electron chi connectivity index (χ2n) is 9.10. The third-order valence-electron chi connectivity index (χ3n) is 6.42. The Hall–Kier alpha value is -4.10. The molecule has 5 rings (SSSR count). The Labute approximate surface area is 236 Å². The molecule has 1 aliphatic rings. The molecular weight excluding hydrogens is 608 g/mol. The number of sulfonamides is 1. The molecule has 0 saturated heterocycles. The van der Waals surface area contributed by atoms with Crippen LogP contribution in [0.4, 0.5) is 20.4 Å². The van der Waals surface area contributed by atoms with E-state index in [4.69, 9.17) is 10.5 Å². The average Bonchev–Trinajstić information content (AvgIpc) is 2.90. The quantitative estimate of drug-likeness (QED) is 0.296. The second-order valence-corrected chi connectivity index (χ2v) is 11.7. The minimum absolute atomic E-state index is 0.0241. The lowest BCUT2D eigenvalue weighted by Crippen LogP contribution is -2.27. The van der Waals surface area contributed by atoms with Crippen molar-refractivity contribution in [3.63, 3.8) is 0 Å². The molecule has 0 amide bonds. The fourth-order valence-electron chi connectivity index (χ4n) is 4.41. The Kier molecular flexibility index (Phi) is 7.19. The highest BCUT2D eigenvalue weighted by Crippen LogP contribution is 2.33. The zero-order valence-corrected chi connectivity index (χ0v) is 23.6. The van der Waals surface area contributed by atoms with E-state index in [-0.39, 0.29) is 34.4 Å². The number of anilines is 2. The molecule has 0 spiro atoms. The van der Waals surface area contributed by atoms with Crippen molar-refractivity contribution in [1.82, 2.24) is 14.5 Å². The predicted octanol–water partition coefficient (Wildman–Crippen LogP) is 5.29. The number of nitrogen functional groups attached to an aromatic ring is 1. The maximum atomic E-state index is 14.2. The number of halogens is 3. The lowest BCUT2D eigenvalue weighted by Gasteiger charge is -2.22. The van der Waals surface area contributed by atoms with Crippen LogP contribution in [-0.4, -0.2) is 30.1 Å². The molecule has 2 aromatic carbocycles. The average molecular weight is 630 g/mol. The molecule has 2 heterocycles. The lowest BCUT2D eigenvalue weighted by molar-refractivity contribution is 0.400.